The molecule has 27 heavy (non-hydrogen) atoms. The van der Waals surface area contributed by atoms with Crippen molar-refractivity contribution in [2.24, 2.45) is 5.10 Å². The lowest BCUT2D eigenvalue weighted by Crippen LogP contribution is -2.01. The van der Waals surface area contributed by atoms with Crippen molar-refractivity contribution >= 4 is 23.1 Å². The van der Waals surface area contributed by atoms with Crippen LogP contribution in [-0.2, 0) is 11.3 Å². The summed E-state index contributed by atoms with van der Waals surface area (Å²) in [6.07, 6.45) is 6.33. The SMILES string of the molecule is CO/C(C)=C/Cn1ncc2c(N/N=C/c3ccc(OC)cc3F)ncnc21. The van der Waals surface area contributed by atoms with Crippen LogP contribution in [0.5, 0.6) is 5.75 Å². The molecule has 9 heteroatoms. The van der Waals surface area contributed by atoms with Crippen LogP contribution in [0.3, 0.4) is 0 Å². The first-order valence-corrected chi connectivity index (χ1v) is 8.12. The molecule has 0 aliphatic rings. The van der Waals surface area contributed by atoms with E-state index in [4.69, 9.17) is 9.47 Å². The number of hydrazone groups is 1. The van der Waals surface area contributed by atoms with Crippen LogP contribution in [0.15, 0.2) is 47.7 Å². The van der Waals surface area contributed by atoms with Gasteiger partial charge >= 0.3 is 0 Å². The van der Waals surface area contributed by atoms with Gasteiger partial charge in [-0.2, -0.15) is 10.2 Å². The number of hydrogen-bond donors (Lipinski definition) is 1. The standard InChI is InChI=1S/C18H19FN6O2/c1-12(26-2)6-7-25-18-15(10-23-25)17(20-11-21-18)24-22-9-13-4-5-14(27-3)8-16(13)19/h4-6,8-11H,7H2,1-3H3,(H,20,21,24)/b12-6+,22-9+. The molecule has 0 saturated heterocycles. The molecule has 0 amide bonds. The topological polar surface area (TPSA) is 86.5 Å². The van der Waals surface area contributed by atoms with Gasteiger partial charge in [-0.3, -0.25) is 5.43 Å². The van der Waals surface area contributed by atoms with Crippen LogP contribution in [0.2, 0.25) is 0 Å². The minimum atomic E-state index is -0.430. The Morgan fingerprint density at radius 1 is 1.33 bits per heavy atom. The van der Waals surface area contributed by atoms with Crippen LogP contribution < -0.4 is 10.2 Å². The molecule has 0 fully saturated rings. The predicted molar refractivity (Wildman–Crippen MR) is 100 cm³/mol. The second-order valence-corrected chi connectivity index (χ2v) is 5.56. The average Bonchev–Trinajstić information content (AvgIpc) is 3.11. The second kappa shape index (κ2) is 8.26. The molecule has 8 nitrogen and oxygen atoms in total. The van der Waals surface area contributed by atoms with Gasteiger partial charge in [0.15, 0.2) is 11.5 Å². The van der Waals surface area contributed by atoms with Crippen LogP contribution in [0, 0.1) is 5.82 Å². The van der Waals surface area contributed by atoms with Crippen molar-refractivity contribution in [2.75, 3.05) is 19.6 Å². The first-order chi connectivity index (χ1) is 13.1. The Morgan fingerprint density at radius 3 is 2.93 bits per heavy atom. The van der Waals surface area contributed by atoms with Crippen LogP contribution >= 0.6 is 0 Å². The number of methoxy groups -OCH3 is 2. The highest BCUT2D eigenvalue weighted by molar-refractivity contribution is 5.87. The second-order valence-electron chi connectivity index (χ2n) is 5.56. The fraction of sp³-hybridized carbons (Fsp3) is 0.222. The van der Waals surface area contributed by atoms with Crippen LogP contribution in [0.1, 0.15) is 12.5 Å². The zero-order valence-corrected chi connectivity index (χ0v) is 15.2. The summed E-state index contributed by atoms with van der Waals surface area (Å²) in [5.74, 6) is 1.28. The number of rotatable bonds is 7. The van der Waals surface area contributed by atoms with E-state index in [9.17, 15) is 4.39 Å². The number of hydrogen-bond acceptors (Lipinski definition) is 7. The molecule has 3 aromatic rings. The number of fused-ring (bicyclic) bond motifs is 1. The van der Waals surface area contributed by atoms with Crippen molar-refractivity contribution in [1.29, 1.82) is 0 Å². The van der Waals surface area contributed by atoms with Crippen LogP contribution in [0.4, 0.5) is 10.2 Å². The largest absolute Gasteiger partial charge is 0.502 e. The van der Waals surface area contributed by atoms with E-state index in [1.165, 1.54) is 25.7 Å². The average molecular weight is 370 g/mol. The zero-order valence-electron chi connectivity index (χ0n) is 15.2. The van der Waals surface area contributed by atoms with Gasteiger partial charge in [-0.05, 0) is 25.1 Å². The minimum absolute atomic E-state index is 0.324. The van der Waals surface area contributed by atoms with E-state index in [1.54, 1.807) is 30.1 Å². The van der Waals surface area contributed by atoms with E-state index in [2.05, 4.69) is 25.6 Å². The first kappa shape index (κ1) is 18.3. The summed E-state index contributed by atoms with van der Waals surface area (Å²) in [7, 11) is 3.10. The monoisotopic (exact) mass is 370 g/mol. The van der Waals surface area contributed by atoms with Crippen molar-refractivity contribution in [3.63, 3.8) is 0 Å². The van der Waals surface area contributed by atoms with Gasteiger partial charge in [-0.25, -0.2) is 19.0 Å². The molecule has 0 aliphatic heterocycles. The molecule has 1 aromatic carbocycles. The van der Waals surface area contributed by atoms with Gasteiger partial charge in [-0.1, -0.05) is 0 Å². The lowest BCUT2D eigenvalue weighted by Gasteiger charge is -2.03. The highest BCUT2D eigenvalue weighted by Gasteiger charge is 2.09. The van der Waals surface area contributed by atoms with Gasteiger partial charge < -0.3 is 9.47 Å². The Kier molecular flexibility index (Phi) is 5.60. The quantitative estimate of drug-likeness (QED) is 0.391. The van der Waals surface area contributed by atoms with Gasteiger partial charge in [0, 0.05) is 11.6 Å². The van der Waals surface area contributed by atoms with E-state index in [-0.39, 0.29) is 0 Å². The molecule has 0 radical (unpaired) electrons. The molecular weight excluding hydrogens is 351 g/mol. The zero-order chi connectivity index (χ0) is 19.2. The molecule has 140 valence electrons. The number of nitrogens with one attached hydrogen (secondary N) is 1. The number of nitrogens with zero attached hydrogens (tertiary/aromatic N) is 5. The maximum Gasteiger partial charge on any atom is 0.163 e. The maximum atomic E-state index is 13.9. The van der Waals surface area contributed by atoms with Crippen LogP contribution in [-0.4, -0.2) is 40.2 Å². The fourth-order valence-electron chi connectivity index (χ4n) is 2.32. The molecule has 1 N–H and O–H groups in total. The summed E-state index contributed by atoms with van der Waals surface area (Å²) in [4.78, 5) is 8.43. The van der Waals surface area contributed by atoms with Crippen molar-refractivity contribution in [1.82, 2.24) is 19.7 Å². The molecule has 0 bridgehead atoms. The summed E-state index contributed by atoms with van der Waals surface area (Å²) in [5, 5.41) is 9.07. The molecule has 2 aromatic heterocycles. The van der Waals surface area contributed by atoms with Crippen molar-refractivity contribution in [2.45, 2.75) is 13.5 Å². The Bertz CT molecular complexity index is 999. The van der Waals surface area contributed by atoms with E-state index in [0.717, 1.165) is 5.76 Å². The molecule has 0 unspecified atom stereocenters. The molecular formula is C18H19FN6O2. The van der Waals surface area contributed by atoms with Crippen molar-refractivity contribution in [3.8, 4) is 5.75 Å². The summed E-state index contributed by atoms with van der Waals surface area (Å²) in [5.41, 5.74) is 3.78. The number of halogens is 1. The molecule has 0 saturated carbocycles. The highest BCUT2D eigenvalue weighted by Crippen LogP contribution is 2.19. The fourth-order valence-corrected chi connectivity index (χ4v) is 2.32. The Labute approximate surface area is 155 Å². The van der Waals surface area contributed by atoms with Gasteiger partial charge in [0.25, 0.3) is 0 Å². The molecule has 0 aliphatic carbocycles. The first-order valence-electron chi connectivity index (χ1n) is 8.12. The summed E-state index contributed by atoms with van der Waals surface area (Å²) < 4.78 is 25.8. The third kappa shape index (κ3) is 4.20. The Hall–Kier alpha value is -3.49. The number of ether oxygens (including phenoxy) is 2. The Balaban J connectivity index is 1.78. The van der Waals surface area contributed by atoms with E-state index < -0.39 is 5.82 Å². The molecule has 0 spiro atoms. The molecule has 3 rings (SSSR count). The molecule has 2 heterocycles. The minimum Gasteiger partial charge on any atom is -0.502 e. The van der Waals surface area contributed by atoms with Crippen molar-refractivity contribution < 1.29 is 13.9 Å². The number of aromatic nitrogens is 4. The van der Waals surface area contributed by atoms with Gasteiger partial charge in [0.05, 0.1) is 44.3 Å². The third-order valence-electron chi connectivity index (χ3n) is 3.89. The predicted octanol–water partition coefficient (Wildman–Crippen LogP) is 2.97. The molecule has 0 atom stereocenters. The van der Waals surface area contributed by atoms with Gasteiger partial charge in [-0.15, -0.1) is 0 Å². The van der Waals surface area contributed by atoms with Crippen molar-refractivity contribution in [3.05, 3.63) is 53.9 Å². The number of benzene rings is 1. The van der Waals surface area contributed by atoms with Crippen LogP contribution in [0.25, 0.3) is 11.0 Å². The number of anilines is 1. The maximum absolute atomic E-state index is 13.9. The Morgan fingerprint density at radius 2 is 2.19 bits per heavy atom. The van der Waals surface area contributed by atoms with Gasteiger partial charge in [0.2, 0.25) is 0 Å². The van der Waals surface area contributed by atoms with E-state index >= 15 is 0 Å². The summed E-state index contributed by atoms with van der Waals surface area (Å²) in [6.45, 7) is 2.38. The third-order valence-corrected chi connectivity index (χ3v) is 3.89. The summed E-state index contributed by atoms with van der Waals surface area (Å²) in [6, 6.07) is 4.54. The number of allylic oxidation sites excluding steroid dienone is 2. The highest BCUT2D eigenvalue weighted by atomic mass is 19.1. The normalized spacial score (nSPS) is 11.9. The lowest BCUT2D eigenvalue weighted by molar-refractivity contribution is 0.291. The van der Waals surface area contributed by atoms with Gasteiger partial charge in [0.1, 0.15) is 17.9 Å². The smallest absolute Gasteiger partial charge is 0.163 e. The van der Waals surface area contributed by atoms with E-state index in [0.29, 0.717) is 34.7 Å². The lowest BCUT2D eigenvalue weighted by atomic mass is 10.2. The van der Waals surface area contributed by atoms with E-state index in [1.807, 2.05) is 13.0 Å². The summed E-state index contributed by atoms with van der Waals surface area (Å²) >= 11 is 0.